The topological polar surface area (TPSA) is 21.3 Å². The van der Waals surface area contributed by atoms with Crippen LogP contribution in [0.1, 0.15) is 18.9 Å². The summed E-state index contributed by atoms with van der Waals surface area (Å²) in [6.07, 6.45) is 1.11. The van der Waals surface area contributed by atoms with Gasteiger partial charge in [0.25, 0.3) is 0 Å². The zero-order valence-corrected chi connectivity index (χ0v) is 10.2. The molecule has 1 rings (SSSR count). The van der Waals surface area contributed by atoms with Crippen LogP contribution in [0.25, 0.3) is 0 Å². The van der Waals surface area contributed by atoms with Gasteiger partial charge in [0.05, 0.1) is 18.2 Å². The molecule has 0 atom stereocenters. The molecule has 0 unspecified atom stereocenters. The number of halogens is 2. The fourth-order valence-electron chi connectivity index (χ4n) is 1.29. The zero-order valence-electron chi connectivity index (χ0n) is 9.43. The Morgan fingerprint density at radius 2 is 2.19 bits per heavy atom. The molecule has 0 spiro atoms. The summed E-state index contributed by atoms with van der Waals surface area (Å²) in [5, 5.41) is 3.37. The lowest BCUT2D eigenvalue weighted by Gasteiger charge is -2.07. The fraction of sp³-hybridized carbons (Fsp3) is 0.500. The molecule has 0 fully saturated rings. The molecule has 0 saturated carbocycles. The van der Waals surface area contributed by atoms with Gasteiger partial charge in [0.1, 0.15) is 5.82 Å². The second-order valence-corrected chi connectivity index (χ2v) is 3.89. The van der Waals surface area contributed by atoms with Crippen LogP contribution in [-0.2, 0) is 11.3 Å². The first kappa shape index (κ1) is 13.4. The Bertz CT molecular complexity index is 320. The second-order valence-electron chi connectivity index (χ2n) is 3.52. The van der Waals surface area contributed by atoms with E-state index in [0.717, 1.165) is 19.5 Å². The van der Waals surface area contributed by atoms with E-state index in [1.165, 1.54) is 6.07 Å². The summed E-state index contributed by atoms with van der Waals surface area (Å²) in [4.78, 5) is 0. The van der Waals surface area contributed by atoms with Crippen LogP contribution >= 0.6 is 11.6 Å². The minimum atomic E-state index is -0.396. The van der Waals surface area contributed by atoms with Gasteiger partial charge in [-0.25, -0.2) is 4.39 Å². The van der Waals surface area contributed by atoms with Crippen LogP contribution in [0.5, 0.6) is 0 Å². The number of ether oxygens (including phenoxy) is 1. The van der Waals surface area contributed by atoms with Gasteiger partial charge < -0.3 is 10.1 Å². The van der Waals surface area contributed by atoms with Crippen molar-refractivity contribution in [2.24, 2.45) is 0 Å². The van der Waals surface area contributed by atoms with Crippen LogP contribution in [0.4, 0.5) is 4.39 Å². The van der Waals surface area contributed by atoms with E-state index < -0.39 is 5.82 Å². The van der Waals surface area contributed by atoms with Gasteiger partial charge in [-0.05, 0) is 24.6 Å². The molecule has 0 amide bonds. The predicted octanol–water partition coefficient (Wildman–Crippen LogP) is 3.00. The molecule has 0 aliphatic rings. The first-order valence-corrected chi connectivity index (χ1v) is 5.85. The highest BCUT2D eigenvalue weighted by Gasteiger charge is 2.04. The average molecular weight is 246 g/mol. The zero-order chi connectivity index (χ0) is 11.8. The molecular formula is C12H17ClFNO. The Hall–Kier alpha value is -0.640. The summed E-state index contributed by atoms with van der Waals surface area (Å²) in [6.45, 7) is 4.86. The van der Waals surface area contributed by atoms with Gasteiger partial charge in [-0.15, -0.1) is 0 Å². The number of nitrogens with one attached hydrogen (secondary N) is 1. The average Bonchev–Trinajstić information content (AvgIpc) is 2.29. The third-order valence-corrected chi connectivity index (χ3v) is 2.56. The maximum atomic E-state index is 13.1. The van der Waals surface area contributed by atoms with Crippen molar-refractivity contribution in [3.63, 3.8) is 0 Å². The van der Waals surface area contributed by atoms with Crippen LogP contribution < -0.4 is 5.32 Å². The molecule has 1 aromatic carbocycles. The number of rotatable bonds is 7. The molecule has 16 heavy (non-hydrogen) atoms. The Balaban J connectivity index is 2.24. The minimum Gasteiger partial charge on any atom is -0.375 e. The molecule has 0 heterocycles. The van der Waals surface area contributed by atoms with E-state index in [2.05, 4.69) is 12.2 Å². The highest BCUT2D eigenvalue weighted by molar-refractivity contribution is 6.31. The molecule has 1 aromatic rings. The summed E-state index contributed by atoms with van der Waals surface area (Å²) in [7, 11) is 0. The standard InChI is InChI=1S/C12H17ClFNO/c1-2-6-15-7-8-16-9-10-4-3-5-11(14)12(10)13/h3-5,15H,2,6-9H2,1H3. The summed E-state index contributed by atoms with van der Waals surface area (Å²) in [6, 6.07) is 4.74. The Morgan fingerprint density at radius 1 is 1.38 bits per heavy atom. The van der Waals surface area contributed by atoms with Gasteiger partial charge in [0.2, 0.25) is 0 Å². The van der Waals surface area contributed by atoms with Crippen LogP contribution in [-0.4, -0.2) is 19.7 Å². The molecule has 0 aliphatic carbocycles. The van der Waals surface area contributed by atoms with E-state index in [0.29, 0.717) is 18.8 Å². The minimum absolute atomic E-state index is 0.156. The van der Waals surface area contributed by atoms with Gasteiger partial charge in [-0.1, -0.05) is 30.7 Å². The number of benzene rings is 1. The fourth-order valence-corrected chi connectivity index (χ4v) is 1.47. The van der Waals surface area contributed by atoms with Crippen molar-refractivity contribution in [2.75, 3.05) is 19.7 Å². The Morgan fingerprint density at radius 3 is 2.94 bits per heavy atom. The lowest BCUT2D eigenvalue weighted by atomic mass is 10.2. The van der Waals surface area contributed by atoms with Crippen LogP contribution in [0.15, 0.2) is 18.2 Å². The molecule has 0 aliphatic heterocycles. The smallest absolute Gasteiger partial charge is 0.142 e. The Labute approximate surface area is 101 Å². The molecule has 90 valence electrons. The molecule has 2 nitrogen and oxygen atoms in total. The lowest BCUT2D eigenvalue weighted by molar-refractivity contribution is 0.122. The molecule has 0 bridgehead atoms. The van der Waals surface area contributed by atoms with Gasteiger partial charge in [-0.2, -0.15) is 0 Å². The largest absolute Gasteiger partial charge is 0.375 e. The van der Waals surface area contributed by atoms with E-state index in [-0.39, 0.29) is 5.02 Å². The first-order valence-electron chi connectivity index (χ1n) is 5.47. The Kier molecular flexibility index (Phi) is 6.38. The third kappa shape index (κ3) is 4.47. The molecule has 4 heteroatoms. The third-order valence-electron chi connectivity index (χ3n) is 2.14. The SMILES string of the molecule is CCCNCCOCc1cccc(F)c1Cl. The van der Waals surface area contributed by atoms with Gasteiger partial charge in [0, 0.05) is 6.54 Å². The maximum absolute atomic E-state index is 13.1. The van der Waals surface area contributed by atoms with Crippen molar-refractivity contribution in [1.82, 2.24) is 5.32 Å². The van der Waals surface area contributed by atoms with Gasteiger partial charge in [0.15, 0.2) is 0 Å². The van der Waals surface area contributed by atoms with E-state index in [1.54, 1.807) is 12.1 Å². The maximum Gasteiger partial charge on any atom is 0.142 e. The summed E-state index contributed by atoms with van der Waals surface area (Å²) >= 11 is 5.79. The van der Waals surface area contributed by atoms with E-state index >= 15 is 0 Å². The van der Waals surface area contributed by atoms with E-state index in [4.69, 9.17) is 16.3 Å². The van der Waals surface area contributed by atoms with Gasteiger partial charge in [-0.3, -0.25) is 0 Å². The molecule has 0 saturated heterocycles. The normalized spacial score (nSPS) is 10.7. The second kappa shape index (κ2) is 7.60. The van der Waals surface area contributed by atoms with E-state index in [1.807, 2.05) is 0 Å². The van der Waals surface area contributed by atoms with Crippen molar-refractivity contribution in [3.8, 4) is 0 Å². The molecular weight excluding hydrogens is 229 g/mol. The van der Waals surface area contributed by atoms with Crippen LogP contribution in [0.3, 0.4) is 0 Å². The highest BCUT2D eigenvalue weighted by atomic mass is 35.5. The van der Waals surface area contributed by atoms with E-state index in [9.17, 15) is 4.39 Å². The summed E-state index contributed by atoms with van der Waals surface area (Å²) in [5.74, 6) is -0.396. The molecule has 0 aromatic heterocycles. The predicted molar refractivity (Wildman–Crippen MR) is 64.2 cm³/mol. The lowest BCUT2D eigenvalue weighted by Crippen LogP contribution is -2.20. The number of hydrogen-bond donors (Lipinski definition) is 1. The highest BCUT2D eigenvalue weighted by Crippen LogP contribution is 2.19. The number of hydrogen-bond acceptors (Lipinski definition) is 2. The van der Waals surface area contributed by atoms with Crippen molar-refractivity contribution in [3.05, 3.63) is 34.6 Å². The molecule has 1 N–H and O–H groups in total. The first-order chi connectivity index (χ1) is 7.75. The van der Waals surface area contributed by atoms with Crippen molar-refractivity contribution in [1.29, 1.82) is 0 Å². The van der Waals surface area contributed by atoms with Crippen molar-refractivity contribution < 1.29 is 9.13 Å². The summed E-state index contributed by atoms with van der Waals surface area (Å²) in [5.41, 5.74) is 0.692. The van der Waals surface area contributed by atoms with Gasteiger partial charge >= 0.3 is 0 Å². The monoisotopic (exact) mass is 245 g/mol. The quantitative estimate of drug-likeness (QED) is 0.746. The van der Waals surface area contributed by atoms with Crippen LogP contribution in [0.2, 0.25) is 5.02 Å². The van der Waals surface area contributed by atoms with Crippen molar-refractivity contribution in [2.45, 2.75) is 20.0 Å². The van der Waals surface area contributed by atoms with Crippen molar-refractivity contribution >= 4 is 11.6 Å². The van der Waals surface area contributed by atoms with Crippen LogP contribution in [0, 0.1) is 5.82 Å². The summed E-state index contributed by atoms with van der Waals surface area (Å²) < 4.78 is 18.4. The molecule has 0 radical (unpaired) electrons.